The first-order valence-electron chi connectivity index (χ1n) is 12.1. The Hall–Kier alpha value is -1.86. The van der Waals surface area contributed by atoms with Crippen molar-refractivity contribution in [1.82, 2.24) is 24.3 Å². The highest BCUT2D eigenvalue weighted by atomic mass is 127. The van der Waals surface area contributed by atoms with Crippen LogP contribution in [0.2, 0.25) is 0 Å². The monoisotopic (exact) mass is 602 g/mol. The van der Waals surface area contributed by atoms with E-state index in [2.05, 4.69) is 37.7 Å². The Kier molecular flexibility index (Phi) is 8.92. The maximum Gasteiger partial charge on any atom is 0.351 e. The van der Waals surface area contributed by atoms with Gasteiger partial charge in [-0.2, -0.15) is 10.2 Å². The molecule has 1 saturated heterocycles. The third-order valence-electron chi connectivity index (χ3n) is 6.61. The lowest BCUT2D eigenvalue weighted by atomic mass is 9.97. The smallest absolute Gasteiger partial charge is 0.351 e. The number of nitrogens with zero attached hydrogens (tertiary/aromatic N) is 6. The Morgan fingerprint density at radius 3 is 2.83 bits per heavy atom. The minimum atomic E-state index is -1.22. The van der Waals surface area contributed by atoms with Gasteiger partial charge in [-0.15, -0.1) is 0 Å². The van der Waals surface area contributed by atoms with Crippen LogP contribution < -0.4 is 5.69 Å². The average molecular weight is 602 g/mol. The molecule has 3 atom stereocenters. The molecule has 0 bridgehead atoms. The lowest BCUT2D eigenvalue weighted by Crippen LogP contribution is -2.48. The second-order valence-electron chi connectivity index (χ2n) is 9.31. The predicted molar refractivity (Wildman–Crippen MR) is 139 cm³/mol. The Labute approximate surface area is 218 Å². The van der Waals surface area contributed by atoms with E-state index < -0.39 is 6.17 Å². The van der Waals surface area contributed by atoms with Crippen molar-refractivity contribution < 1.29 is 13.5 Å². The number of benzene rings is 1. The normalized spacial score (nSPS) is 22.0. The molecule has 0 amide bonds. The lowest BCUT2D eigenvalue weighted by Gasteiger charge is -2.40. The molecule has 0 saturated carbocycles. The molecule has 1 fully saturated rings. The number of aromatic nitrogens is 3. The average Bonchev–Trinajstić information content (AvgIpc) is 3.35. The van der Waals surface area contributed by atoms with E-state index in [0.717, 1.165) is 42.3 Å². The molecule has 4 rings (SSSR count). The number of hydrazone groups is 1. The molecule has 2 aliphatic rings. The van der Waals surface area contributed by atoms with E-state index >= 15 is 4.39 Å². The summed E-state index contributed by atoms with van der Waals surface area (Å²) < 4.78 is 38.4. The SMILES string of the molecule is Cc1nn(C[C@H](F)CN2CCC(OCc3cccc(F)c3)CC2CCI)c(=O)n1C1=NN(C)CC1. The van der Waals surface area contributed by atoms with Gasteiger partial charge in [-0.05, 0) is 43.9 Å². The molecule has 3 heterocycles. The molecule has 8 nitrogen and oxygen atoms in total. The fourth-order valence-electron chi connectivity index (χ4n) is 4.87. The summed E-state index contributed by atoms with van der Waals surface area (Å²) in [7, 11) is 1.86. The fourth-order valence-corrected chi connectivity index (χ4v) is 5.59. The Morgan fingerprint density at radius 1 is 1.29 bits per heavy atom. The standard InChI is InChI=1S/C24H33F2IN6O2/c1-17-28-32(24(34)33(17)23-8-10-30(2)29-23)15-20(26)14-31-11-7-22(13-21(31)6-9-27)35-16-18-4-3-5-19(25)12-18/h3-5,12,20-22H,6-11,13-16H2,1-2H3/t20-,21?,22?/m1/s1. The number of rotatable bonds is 9. The van der Waals surface area contributed by atoms with Crippen LogP contribution in [0.3, 0.4) is 0 Å². The quantitative estimate of drug-likeness (QED) is 0.326. The molecule has 0 radical (unpaired) electrons. The molecule has 192 valence electrons. The second kappa shape index (κ2) is 11.9. The molecule has 1 aromatic carbocycles. The van der Waals surface area contributed by atoms with Gasteiger partial charge in [0.05, 0.1) is 19.3 Å². The second-order valence-corrected chi connectivity index (χ2v) is 10.4. The number of likely N-dealkylation sites (tertiary alicyclic amines) is 1. The summed E-state index contributed by atoms with van der Waals surface area (Å²) in [6, 6.07) is 6.67. The van der Waals surface area contributed by atoms with Crippen LogP contribution in [0.15, 0.2) is 34.2 Å². The highest BCUT2D eigenvalue weighted by Crippen LogP contribution is 2.25. The Morgan fingerprint density at radius 2 is 2.11 bits per heavy atom. The van der Waals surface area contributed by atoms with Crippen LogP contribution in [0.4, 0.5) is 8.78 Å². The van der Waals surface area contributed by atoms with Gasteiger partial charge in [0.15, 0.2) is 0 Å². The van der Waals surface area contributed by atoms with Crippen molar-refractivity contribution in [2.45, 2.75) is 64.1 Å². The highest BCUT2D eigenvalue weighted by molar-refractivity contribution is 14.1. The van der Waals surface area contributed by atoms with Crippen LogP contribution >= 0.6 is 22.6 Å². The highest BCUT2D eigenvalue weighted by Gasteiger charge is 2.31. The zero-order valence-corrected chi connectivity index (χ0v) is 22.4. The molecule has 2 unspecified atom stereocenters. The third kappa shape index (κ3) is 6.67. The third-order valence-corrected chi connectivity index (χ3v) is 7.24. The van der Waals surface area contributed by atoms with Gasteiger partial charge in [-0.25, -0.2) is 22.8 Å². The minimum absolute atomic E-state index is 0.0619. The first-order chi connectivity index (χ1) is 16.8. The first-order valence-corrected chi connectivity index (χ1v) is 13.6. The van der Waals surface area contributed by atoms with Crippen LogP contribution in [-0.2, 0) is 17.9 Å². The number of alkyl halides is 2. The van der Waals surface area contributed by atoms with Crippen molar-refractivity contribution in [3.8, 4) is 0 Å². The Bertz CT molecular complexity index is 1090. The molecular weight excluding hydrogens is 569 g/mol. The van der Waals surface area contributed by atoms with Crippen LogP contribution in [0.1, 0.15) is 37.1 Å². The van der Waals surface area contributed by atoms with Gasteiger partial charge in [-0.1, -0.05) is 34.7 Å². The minimum Gasteiger partial charge on any atom is -0.373 e. The number of ether oxygens (including phenoxy) is 1. The summed E-state index contributed by atoms with van der Waals surface area (Å²) in [5.74, 6) is 0.912. The van der Waals surface area contributed by atoms with E-state index in [4.69, 9.17) is 4.74 Å². The summed E-state index contributed by atoms with van der Waals surface area (Å²) in [5, 5.41) is 10.5. The molecule has 35 heavy (non-hydrogen) atoms. The molecule has 0 N–H and O–H groups in total. The largest absolute Gasteiger partial charge is 0.373 e. The van der Waals surface area contributed by atoms with Crippen LogP contribution in [0.25, 0.3) is 0 Å². The Balaban J connectivity index is 1.33. The molecule has 11 heteroatoms. The molecule has 0 spiro atoms. The lowest BCUT2D eigenvalue weighted by molar-refractivity contribution is -0.0304. The van der Waals surface area contributed by atoms with Crippen molar-refractivity contribution in [3.05, 3.63) is 52.0 Å². The van der Waals surface area contributed by atoms with Crippen molar-refractivity contribution in [3.63, 3.8) is 0 Å². The van der Waals surface area contributed by atoms with Crippen LogP contribution in [0, 0.1) is 12.7 Å². The van der Waals surface area contributed by atoms with E-state index in [1.165, 1.54) is 21.4 Å². The van der Waals surface area contributed by atoms with Crippen molar-refractivity contribution >= 4 is 28.4 Å². The summed E-state index contributed by atoms with van der Waals surface area (Å²) in [6.07, 6.45) is 2.05. The number of halogens is 3. The van der Waals surface area contributed by atoms with Gasteiger partial charge < -0.3 is 4.74 Å². The van der Waals surface area contributed by atoms with E-state index in [9.17, 15) is 9.18 Å². The van der Waals surface area contributed by atoms with Gasteiger partial charge in [0, 0.05) is 43.6 Å². The predicted octanol–water partition coefficient (Wildman–Crippen LogP) is 3.20. The molecule has 1 aromatic heterocycles. The zero-order valence-electron chi connectivity index (χ0n) is 20.2. The number of aryl methyl sites for hydroxylation is 1. The molecule has 2 aliphatic heterocycles. The maximum absolute atomic E-state index is 15.2. The van der Waals surface area contributed by atoms with Gasteiger partial charge in [-0.3, -0.25) is 9.91 Å². The first kappa shape index (κ1) is 26.2. The van der Waals surface area contributed by atoms with E-state index in [0.29, 0.717) is 24.7 Å². The molecular formula is C24H33F2IN6O2. The van der Waals surface area contributed by atoms with Crippen molar-refractivity contribution in [1.29, 1.82) is 0 Å². The van der Waals surface area contributed by atoms with E-state index in [1.54, 1.807) is 18.0 Å². The number of piperidine rings is 1. The summed E-state index contributed by atoms with van der Waals surface area (Å²) >= 11 is 2.35. The maximum atomic E-state index is 15.2. The summed E-state index contributed by atoms with van der Waals surface area (Å²) in [5.41, 5.74) is 0.476. The van der Waals surface area contributed by atoms with Gasteiger partial charge >= 0.3 is 5.69 Å². The number of hydrogen-bond acceptors (Lipinski definition) is 6. The fraction of sp³-hybridized carbons (Fsp3) is 0.625. The van der Waals surface area contributed by atoms with Gasteiger partial charge in [0.25, 0.3) is 0 Å². The number of hydrogen-bond donors (Lipinski definition) is 0. The van der Waals surface area contributed by atoms with E-state index in [-0.39, 0.29) is 36.7 Å². The van der Waals surface area contributed by atoms with Crippen molar-refractivity contribution in [2.75, 3.05) is 31.1 Å². The summed E-state index contributed by atoms with van der Waals surface area (Å²) in [4.78, 5) is 15.1. The van der Waals surface area contributed by atoms with E-state index in [1.807, 2.05) is 13.1 Å². The topological polar surface area (TPSA) is 67.9 Å². The zero-order chi connectivity index (χ0) is 24.9. The van der Waals surface area contributed by atoms with Crippen molar-refractivity contribution in [2.24, 2.45) is 5.10 Å². The molecule has 2 aromatic rings. The van der Waals surface area contributed by atoms with Gasteiger partial charge in [0.1, 0.15) is 23.6 Å². The molecule has 0 aliphatic carbocycles. The van der Waals surface area contributed by atoms with Crippen LogP contribution in [-0.4, -0.2) is 79.5 Å². The van der Waals surface area contributed by atoms with Gasteiger partial charge in [0.2, 0.25) is 0 Å². The summed E-state index contributed by atoms with van der Waals surface area (Å²) in [6.45, 7) is 3.76. The van der Waals surface area contributed by atoms with Crippen LogP contribution in [0.5, 0.6) is 0 Å².